The van der Waals surface area contributed by atoms with Crippen molar-refractivity contribution in [2.45, 2.75) is 4.90 Å². The Bertz CT molecular complexity index is 953. The highest BCUT2D eigenvalue weighted by Crippen LogP contribution is 2.36. The number of anilines is 2. The zero-order valence-corrected chi connectivity index (χ0v) is 16.0. The number of hydrogen-bond acceptors (Lipinski definition) is 7. The zero-order valence-electron chi connectivity index (χ0n) is 15.2. The van der Waals surface area contributed by atoms with Crippen LogP contribution < -0.4 is 14.5 Å². The van der Waals surface area contributed by atoms with Crippen LogP contribution >= 0.6 is 0 Å². The van der Waals surface area contributed by atoms with Crippen LogP contribution in [-0.4, -0.2) is 52.9 Å². The molecule has 0 aliphatic carbocycles. The fourth-order valence-corrected chi connectivity index (χ4v) is 4.18. The highest BCUT2D eigenvalue weighted by atomic mass is 32.2. The molecule has 1 aliphatic rings. The second-order valence-electron chi connectivity index (χ2n) is 6.30. The van der Waals surface area contributed by atoms with Gasteiger partial charge in [-0.05, 0) is 24.3 Å². The molecular weight excluding hydrogens is 370 g/mol. The van der Waals surface area contributed by atoms with E-state index < -0.39 is 14.8 Å². The lowest BCUT2D eigenvalue weighted by atomic mass is 10.2. The number of rotatable bonds is 5. The first-order chi connectivity index (χ1) is 12.8. The van der Waals surface area contributed by atoms with Gasteiger partial charge >= 0.3 is 5.69 Å². The Kier molecular flexibility index (Phi) is 5.22. The molecule has 27 heavy (non-hydrogen) atoms. The number of nitrogens with zero attached hydrogens (tertiary/aromatic N) is 3. The molecule has 3 rings (SSSR count). The fourth-order valence-electron chi connectivity index (χ4n) is 3.33. The van der Waals surface area contributed by atoms with Crippen LogP contribution in [0.15, 0.2) is 47.4 Å². The first-order valence-corrected chi connectivity index (χ1v) is 10.3. The molecule has 2 aromatic carbocycles. The van der Waals surface area contributed by atoms with Gasteiger partial charge in [-0.15, -0.1) is 0 Å². The minimum atomic E-state index is -3.70. The van der Waals surface area contributed by atoms with Crippen LogP contribution in [0.3, 0.4) is 0 Å². The number of nitro benzene ring substituents is 1. The van der Waals surface area contributed by atoms with Crippen LogP contribution in [-0.2, 0) is 9.84 Å². The van der Waals surface area contributed by atoms with Gasteiger partial charge in [0.1, 0.15) is 16.3 Å². The van der Waals surface area contributed by atoms with Crippen molar-refractivity contribution in [3.63, 3.8) is 0 Å². The lowest BCUT2D eigenvalue weighted by Gasteiger charge is -2.37. The molecule has 2 aromatic rings. The van der Waals surface area contributed by atoms with Crippen LogP contribution in [0.2, 0.25) is 0 Å². The lowest BCUT2D eigenvalue weighted by Crippen LogP contribution is -2.46. The number of para-hydroxylation sites is 3. The summed E-state index contributed by atoms with van der Waals surface area (Å²) in [6, 6.07) is 12.1. The molecule has 1 fully saturated rings. The summed E-state index contributed by atoms with van der Waals surface area (Å²) in [5, 5.41) is 11.6. The van der Waals surface area contributed by atoms with Gasteiger partial charge in [0.05, 0.1) is 17.7 Å². The molecular formula is C18H21N3O5S. The molecule has 1 heterocycles. The van der Waals surface area contributed by atoms with E-state index in [2.05, 4.69) is 4.90 Å². The maximum Gasteiger partial charge on any atom is 0.311 e. The van der Waals surface area contributed by atoms with Gasteiger partial charge in [-0.25, -0.2) is 8.42 Å². The number of sulfone groups is 1. The third kappa shape index (κ3) is 3.82. The molecule has 0 saturated carbocycles. The molecule has 0 amide bonds. The van der Waals surface area contributed by atoms with Crippen molar-refractivity contribution < 1.29 is 18.1 Å². The topological polar surface area (TPSA) is 93.0 Å². The summed E-state index contributed by atoms with van der Waals surface area (Å²) >= 11 is 0. The number of ether oxygens (including phenoxy) is 1. The molecule has 0 spiro atoms. The average molecular weight is 391 g/mol. The van der Waals surface area contributed by atoms with E-state index in [1.54, 1.807) is 19.2 Å². The highest BCUT2D eigenvalue weighted by molar-refractivity contribution is 7.90. The molecule has 144 valence electrons. The number of hydrogen-bond donors (Lipinski definition) is 0. The summed E-state index contributed by atoms with van der Waals surface area (Å²) in [6.45, 7) is 2.35. The van der Waals surface area contributed by atoms with Gasteiger partial charge in [-0.3, -0.25) is 10.1 Å². The largest absolute Gasteiger partial charge is 0.495 e. The molecule has 0 radical (unpaired) electrons. The lowest BCUT2D eigenvalue weighted by molar-refractivity contribution is -0.387. The summed E-state index contributed by atoms with van der Waals surface area (Å²) in [5.41, 5.74) is 0.951. The summed E-state index contributed by atoms with van der Waals surface area (Å²) < 4.78 is 29.3. The van der Waals surface area contributed by atoms with Crippen molar-refractivity contribution in [1.82, 2.24) is 0 Å². The van der Waals surface area contributed by atoms with E-state index in [1.165, 1.54) is 6.07 Å². The highest BCUT2D eigenvalue weighted by Gasteiger charge is 2.30. The SMILES string of the molecule is COc1ccccc1N1CCN(c2cccc(S(C)(=O)=O)c2[N+](=O)[O-])CC1. The average Bonchev–Trinajstić information content (AvgIpc) is 2.66. The summed E-state index contributed by atoms with van der Waals surface area (Å²) in [6.07, 6.45) is 0.985. The van der Waals surface area contributed by atoms with Crippen LogP contribution in [0.5, 0.6) is 5.75 Å². The van der Waals surface area contributed by atoms with Crippen LogP contribution in [0.4, 0.5) is 17.1 Å². The van der Waals surface area contributed by atoms with E-state index in [0.717, 1.165) is 17.7 Å². The molecule has 0 N–H and O–H groups in total. The molecule has 0 atom stereocenters. The smallest absolute Gasteiger partial charge is 0.311 e. The zero-order chi connectivity index (χ0) is 19.6. The number of nitro groups is 1. The van der Waals surface area contributed by atoms with E-state index in [4.69, 9.17) is 4.74 Å². The van der Waals surface area contributed by atoms with E-state index in [1.807, 2.05) is 29.2 Å². The maximum atomic E-state index is 12.0. The summed E-state index contributed by atoms with van der Waals surface area (Å²) in [7, 11) is -2.08. The van der Waals surface area contributed by atoms with E-state index in [0.29, 0.717) is 31.9 Å². The van der Waals surface area contributed by atoms with Gasteiger partial charge in [-0.1, -0.05) is 18.2 Å². The molecule has 1 saturated heterocycles. The van der Waals surface area contributed by atoms with Gasteiger partial charge in [0, 0.05) is 32.4 Å². The van der Waals surface area contributed by atoms with Crippen LogP contribution in [0.25, 0.3) is 0 Å². The third-order valence-corrected chi connectivity index (χ3v) is 5.73. The molecule has 8 nitrogen and oxygen atoms in total. The van der Waals surface area contributed by atoms with Gasteiger partial charge in [0.25, 0.3) is 0 Å². The first-order valence-electron chi connectivity index (χ1n) is 8.43. The second kappa shape index (κ2) is 7.43. The number of methoxy groups -OCH3 is 1. The molecule has 0 unspecified atom stereocenters. The van der Waals surface area contributed by atoms with Gasteiger partial charge < -0.3 is 14.5 Å². The van der Waals surface area contributed by atoms with Gasteiger partial charge in [0.15, 0.2) is 9.84 Å². The predicted molar refractivity (Wildman–Crippen MR) is 104 cm³/mol. The van der Waals surface area contributed by atoms with Gasteiger partial charge in [0.2, 0.25) is 0 Å². The van der Waals surface area contributed by atoms with Crippen molar-refractivity contribution in [1.29, 1.82) is 0 Å². The minimum absolute atomic E-state index is 0.253. The van der Waals surface area contributed by atoms with Gasteiger partial charge in [-0.2, -0.15) is 0 Å². The van der Waals surface area contributed by atoms with E-state index in [-0.39, 0.29) is 10.6 Å². The van der Waals surface area contributed by atoms with E-state index in [9.17, 15) is 18.5 Å². The Morgan fingerprint density at radius 3 is 2.07 bits per heavy atom. The Balaban J connectivity index is 1.88. The molecule has 1 aliphatic heterocycles. The fraction of sp³-hybridized carbons (Fsp3) is 0.333. The Morgan fingerprint density at radius 2 is 1.52 bits per heavy atom. The molecule has 0 bridgehead atoms. The quantitative estimate of drug-likeness (QED) is 0.570. The molecule has 0 aromatic heterocycles. The predicted octanol–water partition coefficient (Wildman–Crippen LogP) is 2.33. The third-order valence-electron chi connectivity index (χ3n) is 4.61. The van der Waals surface area contributed by atoms with Crippen LogP contribution in [0.1, 0.15) is 0 Å². The van der Waals surface area contributed by atoms with Crippen molar-refractivity contribution in [2.24, 2.45) is 0 Å². The number of benzene rings is 2. The van der Waals surface area contributed by atoms with Crippen molar-refractivity contribution in [3.8, 4) is 5.75 Å². The Labute approximate surface area is 158 Å². The van der Waals surface area contributed by atoms with E-state index >= 15 is 0 Å². The maximum absolute atomic E-state index is 12.0. The summed E-state index contributed by atoms with van der Waals surface area (Å²) in [4.78, 5) is 14.7. The standard InChI is InChI=1S/C18H21N3O5S/c1-26-16-8-4-3-6-14(16)19-10-12-20(13-11-19)15-7-5-9-17(27(2,24)25)18(15)21(22)23/h3-9H,10-13H2,1-2H3. The van der Waals surface area contributed by atoms with Crippen molar-refractivity contribution in [2.75, 3.05) is 49.3 Å². The minimum Gasteiger partial charge on any atom is -0.495 e. The second-order valence-corrected chi connectivity index (χ2v) is 8.28. The number of piperazine rings is 1. The molecule has 9 heteroatoms. The first kappa shape index (κ1) is 19.0. The van der Waals surface area contributed by atoms with Crippen LogP contribution in [0, 0.1) is 10.1 Å². The van der Waals surface area contributed by atoms with Crippen molar-refractivity contribution >= 4 is 26.9 Å². The summed E-state index contributed by atoms with van der Waals surface area (Å²) in [5.74, 6) is 0.774. The Hall–Kier alpha value is -2.81. The normalized spacial score (nSPS) is 14.9. The Morgan fingerprint density at radius 1 is 0.963 bits per heavy atom. The monoisotopic (exact) mass is 391 g/mol. The van der Waals surface area contributed by atoms with Crippen molar-refractivity contribution in [3.05, 3.63) is 52.6 Å².